The molecule has 17 heavy (non-hydrogen) atoms. The van der Waals surface area contributed by atoms with Crippen LogP contribution in [0.5, 0.6) is 0 Å². The van der Waals surface area contributed by atoms with Gasteiger partial charge in [0, 0.05) is 19.6 Å². The average molecular weight is 243 g/mol. The van der Waals surface area contributed by atoms with Crippen LogP contribution >= 0.6 is 0 Å². The second-order valence-corrected chi connectivity index (χ2v) is 5.67. The van der Waals surface area contributed by atoms with E-state index in [4.69, 9.17) is 14.2 Å². The minimum Gasteiger partial charge on any atom is -0.444 e. The first-order valence-corrected chi connectivity index (χ1v) is 6.14. The van der Waals surface area contributed by atoms with Gasteiger partial charge in [0.25, 0.3) is 0 Å². The third-order valence-corrected chi connectivity index (χ3v) is 3.06. The van der Waals surface area contributed by atoms with Gasteiger partial charge >= 0.3 is 6.09 Å². The minimum absolute atomic E-state index is 0.0345. The van der Waals surface area contributed by atoms with Crippen molar-refractivity contribution in [2.24, 2.45) is 0 Å². The summed E-state index contributed by atoms with van der Waals surface area (Å²) in [5.41, 5.74) is -0.479. The summed E-state index contributed by atoms with van der Waals surface area (Å²) in [4.78, 5) is 11.4. The first-order chi connectivity index (χ1) is 7.91. The highest BCUT2D eigenvalue weighted by molar-refractivity contribution is 5.67. The molecule has 5 nitrogen and oxygen atoms in total. The van der Waals surface area contributed by atoms with Gasteiger partial charge in [-0.2, -0.15) is 0 Å². The normalized spacial score (nSPS) is 31.6. The molecule has 0 spiro atoms. The second-order valence-electron chi connectivity index (χ2n) is 5.67. The van der Waals surface area contributed by atoms with Gasteiger partial charge in [0.2, 0.25) is 0 Å². The third kappa shape index (κ3) is 3.33. The summed E-state index contributed by atoms with van der Waals surface area (Å²) in [5.74, 6) is 0. The molecular formula is C12H21NO4. The second kappa shape index (κ2) is 4.46. The van der Waals surface area contributed by atoms with Crippen molar-refractivity contribution in [3.8, 4) is 0 Å². The highest BCUT2D eigenvalue weighted by Crippen LogP contribution is 2.45. The van der Waals surface area contributed by atoms with E-state index in [1.165, 1.54) is 0 Å². The summed E-state index contributed by atoms with van der Waals surface area (Å²) in [6, 6.07) is 0. The maximum atomic E-state index is 11.4. The van der Waals surface area contributed by atoms with Crippen LogP contribution in [0.3, 0.4) is 0 Å². The van der Waals surface area contributed by atoms with E-state index in [9.17, 15) is 4.79 Å². The van der Waals surface area contributed by atoms with Crippen molar-refractivity contribution in [1.82, 2.24) is 5.32 Å². The van der Waals surface area contributed by atoms with Crippen LogP contribution in [-0.4, -0.2) is 43.2 Å². The number of rotatable bonds is 3. The Kier molecular flexibility index (Phi) is 3.32. The fourth-order valence-corrected chi connectivity index (χ4v) is 2.13. The fourth-order valence-electron chi connectivity index (χ4n) is 2.13. The lowest BCUT2D eigenvalue weighted by Crippen LogP contribution is -2.36. The number of alkyl carbamates (subject to hydrolysis) is 1. The number of carbonyl (C=O) groups excluding carboxylic acids is 1. The molecule has 2 fully saturated rings. The van der Waals surface area contributed by atoms with Gasteiger partial charge in [-0.05, 0) is 27.2 Å². The van der Waals surface area contributed by atoms with Gasteiger partial charge in [-0.25, -0.2) is 4.79 Å². The molecule has 2 saturated heterocycles. The van der Waals surface area contributed by atoms with Crippen molar-refractivity contribution < 1.29 is 19.0 Å². The highest BCUT2D eigenvalue weighted by atomic mass is 16.6. The number of amides is 1. The van der Waals surface area contributed by atoms with Crippen molar-refractivity contribution in [3.05, 3.63) is 0 Å². The molecule has 0 aliphatic carbocycles. The van der Waals surface area contributed by atoms with Gasteiger partial charge in [-0.15, -0.1) is 0 Å². The highest BCUT2D eigenvalue weighted by Gasteiger charge is 2.57. The first-order valence-electron chi connectivity index (χ1n) is 6.14. The lowest BCUT2D eigenvalue weighted by atomic mass is 9.96. The largest absolute Gasteiger partial charge is 0.444 e. The van der Waals surface area contributed by atoms with E-state index in [2.05, 4.69) is 5.32 Å². The van der Waals surface area contributed by atoms with Gasteiger partial charge in [-0.1, -0.05) is 0 Å². The summed E-state index contributed by atoms with van der Waals surface area (Å²) in [6.07, 6.45) is 1.63. The number of epoxide rings is 1. The molecule has 0 radical (unpaired) electrons. The van der Waals surface area contributed by atoms with E-state index in [0.717, 1.165) is 19.4 Å². The Balaban J connectivity index is 1.65. The molecule has 98 valence electrons. The van der Waals surface area contributed by atoms with Crippen molar-refractivity contribution in [3.63, 3.8) is 0 Å². The van der Waals surface area contributed by atoms with E-state index in [-0.39, 0.29) is 17.8 Å². The molecule has 2 unspecified atom stereocenters. The third-order valence-electron chi connectivity index (χ3n) is 3.06. The van der Waals surface area contributed by atoms with Gasteiger partial charge in [-0.3, -0.25) is 0 Å². The molecule has 2 heterocycles. The van der Waals surface area contributed by atoms with Crippen molar-refractivity contribution >= 4 is 6.09 Å². The predicted octanol–water partition coefficient (Wildman–Crippen LogP) is 1.46. The molecular weight excluding hydrogens is 222 g/mol. The molecule has 0 aromatic rings. The van der Waals surface area contributed by atoms with Crippen LogP contribution in [0.25, 0.3) is 0 Å². The Morgan fingerprint density at radius 2 is 2.29 bits per heavy atom. The Labute approximate surface area is 102 Å². The van der Waals surface area contributed by atoms with E-state index >= 15 is 0 Å². The molecule has 0 bridgehead atoms. The maximum absolute atomic E-state index is 11.4. The Morgan fingerprint density at radius 3 is 2.94 bits per heavy atom. The monoisotopic (exact) mass is 243 g/mol. The Hall–Kier alpha value is -0.810. The number of fused-ring (bicyclic) bond motifs is 1. The number of hydrogen-bond donors (Lipinski definition) is 1. The van der Waals surface area contributed by atoms with Crippen LogP contribution in [0.2, 0.25) is 0 Å². The lowest BCUT2D eigenvalue weighted by Gasteiger charge is -2.21. The quantitative estimate of drug-likeness (QED) is 0.762. The van der Waals surface area contributed by atoms with E-state index in [1.807, 2.05) is 20.8 Å². The van der Waals surface area contributed by atoms with E-state index in [1.54, 1.807) is 0 Å². The first kappa shape index (κ1) is 12.6. The van der Waals surface area contributed by atoms with Gasteiger partial charge in [0.05, 0.1) is 6.61 Å². The van der Waals surface area contributed by atoms with Crippen LogP contribution < -0.4 is 5.32 Å². The molecule has 0 aromatic heterocycles. The van der Waals surface area contributed by atoms with Crippen molar-refractivity contribution in [2.45, 2.75) is 50.9 Å². The zero-order chi connectivity index (χ0) is 12.5. The van der Waals surface area contributed by atoms with Gasteiger partial charge < -0.3 is 19.5 Å². The molecule has 2 aliphatic rings. The molecule has 0 saturated carbocycles. The van der Waals surface area contributed by atoms with Crippen LogP contribution in [0.1, 0.15) is 33.6 Å². The zero-order valence-electron chi connectivity index (χ0n) is 10.7. The Morgan fingerprint density at radius 1 is 1.53 bits per heavy atom. The summed E-state index contributed by atoms with van der Waals surface area (Å²) < 4.78 is 16.1. The topological polar surface area (TPSA) is 60.1 Å². The zero-order valence-corrected chi connectivity index (χ0v) is 10.7. The molecule has 2 atom stereocenters. The number of ether oxygens (including phenoxy) is 3. The number of hydrogen-bond acceptors (Lipinski definition) is 4. The number of nitrogens with one attached hydrogen (secondary N) is 1. The molecule has 1 amide bonds. The van der Waals surface area contributed by atoms with Crippen LogP contribution in [-0.2, 0) is 14.2 Å². The predicted molar refractivity (Wildman–Crippen MR) is 61.9 cm³/mol. The van der Waals surface area contributed by atoms with Gasteiger partial charge in [0.15, 0.2) is 0 Å². The van der Waals surface area contributed by atoms with Crippen LogP contribution in [0.15, 0.2) is 0 Å². The van der Waals surface area contributed by atoms with E-state index in [0.29, 0.717) is 13.2 Å². The lowest BCUT2D eigenvalue weighted by molar-refractivity contribution is 0.0520. The number of carbonyl (C=O) groups is 1. The molecule has 5 heteroatoms. The summed E-state index contributed by atoms with van der Waals surface area (Å²) >= 11 is 0. The smallest absolute Gasteiger partial charge is 0.407 e. The standard InChI is InChI=1S/C12H21NO4/c1-11(2,3)17-10(14)13-6-4-12-5-7-15-8-9(12)16-12/h9H,4-8H2,1-3H3,(H,13,14). The summed E-state index contributed by atoms with van der Waals surface area (Å²) in [6.45, 7) is 7.58. The average Bonchev–Trinajstić information content (AvgIpc) is 2.89. The summed E-state index contributed by atoms with van der Waals surface area (Å²) in [5, 5.41) is 2.76. The maximum Gasteiger partial charge on any atom is 0.407 e. The SMILES string of the molecule is CC(C)(C)OC(=O)NCCC12CCOCC1O2. The van der Waals surface area contributed by atoms with Crippen molar-refractivity contribution in [1.29, 1.82) is 0 Å². The van der Waals surface area contributed by atoms with Crippen LogP contribution in [0.4, 0.5) is 4.79 Å². The van der Waals surface area contributed by atoms with E-state index < -0.39 is 5.60 Å². The fraction of sp³-hybridized carbons (Fsp3) is 0.917. The van der Waals surface area contributed by atoms with Crippen molar-refractivity contribution in [2.75, 3.05) is 19.8 Å². The molecule has 0 aromatic carbocycles. The molecule has 2 aliphatic heterocycles. The molecule has 2 rings (SSSR count). The summed E-state index contributed by atoms with van der Waals surface area (Å²) in [7, 11) is 0. The Bertz CT molecular complexity index is 299. The van der Waals surface area contributed by atoms with Gasteiger partial charge in [0.1, 0.15) is 17.3 Å². The molecule has 1 N–H and O–H groups in total. The van der Waals surface area contributed by atoms with Crippen LogP contribution in [0, 0.1) is 0 Å². The minimum atomic E-state index is -0.445.